The third-order valence-corrected chi connectivity index (χ3v) is 4.09. The quantitative estimate of drug-likeness (QED) is 0.839. The van der Waals surface area contributed by atoms with Gasteiger partial charge < -0.3 is 10.6 Å². The van der Waals surface area contributed by atoms with Crippen LogP contribution in [0.5, 0.6) is 0 Å². The van der Waals surface area contributed by atoms with Crippen molar-refractivity contribution < 1.29 is 4.79 Å². The molecule has 19 heavy (non-hydrogen) atoms. The van der Waals surface area contributed by atoms with E-state index in [-0.39, 0.29) is 5.91 Å². The molecule has 1 unspecified atom stereocenters. The van der Waals surface area contributed by atoms with E-state index in [1.807, 2.05) is 4.90 Å². The van der Waals surface area contributed by atoms with Crippen LogP contribution in [-0.4, -0.2) is 23.4 Å². The molecular weight excluding hydrogens is 260 g/mol. The van der Waals surface area contributed by atoms with Gasteiger partial charge in [0.1, 0.15) is 0 Å². The standard InChI is InChI=1S/C15H21ClN2O/c1-2-12-6-4-3-5-9-18(12)15(19)13-10-11(16)7-8-14(13)17/h7-8,10,12H,2-6,9,17H2,1H3. The predicted molar refractivity (Wildman–Crippen MR) is 79.4 cm³/mol. The predicted octanol–water partition coefficient (Wildman–Crippen LogP) is 3.72. The van der Waals surface area contributed by atoms with Crippen molar-refractivity contribution >= 4 is 23.2 Å². The zero-order valence-corrected chi connectivity index (χ0v) is 12.1. The van der Waals surface area contributed by atoms with Gasteiger partial charge in [0.25, 0.3) is 5.91 Å². The van der Waals surface area contributed by atoms with Crippen molar-refractivity contribution in [3.05, 3.63) is 28.8 Å². The van der Waals surface area contributed by atoms with Crippen LogP contribution in [0.25, 0.3) is 0 Å². The van der Waals surface area contributed by atoms with E-state index in [1.165, 1.54) is 12.8 Å². The van der Waals surface area contributed by atoms with Gasteiger partial charge in [0.2, 0.25) is 0 Å². The lowest BCUT2D eigenvalue weighted by Crippen LogP contribution is -2.40. The number of nitrogen functional groups attached to an aromatic ring is 1. The lowest BCUT2D eigenvalue weighted by molar-refractivity contribution is 0.0679. The Balaban J connectivity index is 2.27. The van der Waals surface area contributed by atoms with Gasteiger partial charge in [-0.3, -0.25) is 4.79 Å². The molecule has 1 heterocycles. The monoisotopic (exact) mass is 280 g/mol. The normalized spacial score (nSPS) is 20.1. The SMILES string of the molecule is CCC1CCCCCN1C(=O)c1cc(Cl)ccc1N. The van der Waals surface area contributed by atoms with Crippen LogP contribution in [0.2, 0.25) is 5.02 Å². The molecule has 0 spiro atoms. The number of hydrogen-bond donors (Lipinski definition) is 1. The minimum absolute atomic E-state index is 0.0220. The summed E-state index contributed by atoms with van der Waals surface area (Å²) < 4.78 is 0. The van der Waals surface area contributed by atoms with Gasteiger partial charge >= 0.3 is 0 Å². The summed E-state index contributed by atoms with van der Waals surface area (Å²) in [6, 6.07) is 5.42. The Morgan fingerprint density at radius 2 is 2.21 bits per heavy atom. The summed E-state index contributed by atoms with van der Waals surface area (Å²) in [7, 11) is 0. The highest BCUT2D eigenvalue weighted by molar-refractivity contribution is 6.31. The van der Waals surface area contributed by atoms with Crippen molar-refractivity contribution in [2.45, 2.75) is 45.1 Å². The fourth-order valence-electron chi connectivity index (χ4n) is 2.74. The lowest BCUT2D eigenvalue weighted by atomic mass is 10.1. The van der Waals surface area contributed by atoms with Gasteiger partial charge in [-0.05, 0) is 37.5 Å². The Hall–Kier alpha value is -1.22. The molecule has 1 aromatic carbocycles. The average Bonchev–Trinajstić information content (AvgIpc) is 2.65. The van der Waals surface area contributed by atoms with Crippen molar-refractivity contribution in [2.24, 2.45) is 0 Å². The minimum atomic E-state index is 0.0220. The first-order valence-electron chi connectivity index (χ1n) is 6.99. The second-order valence-electron chi connectivity index (χ2n) is 5.14. The molecule has 1 aromatic rings. The van der Waals surface area contributed by atoms with Crippen LogP contribution in [0, 0.1) is 0 Å². The topological polar surface area (TPSA) is 46.3 Å². The van der Waals surface area contributed by atoms with E-state index in [0.717, 1.165) is 25.8 Å². The van der Waals surface area contributed by atoms with Crippen LogP contribution in [0.3, 0.4) is 0 Å². The molecule has 0 aromatic heterocycles. The Morgan fingerprint density at radius 1 is 1.42 bits per heavy atom. The van der Waals surface area contributed by atoms with Crippen molar-refractivity contribution in [3.8, 4) is 0 Å². The molecule has 0 bridgehead atoms. The molecule has 0 radical (unpaired) electrons. The molecule has 104 valence electrons. The van der Waals surface area contributed by atoms with Gasteiger partial charge in [-0.15, -0.1) is 0 Å². The fourth-order valence-corrected chi connectivity index (χ4v) is 2.91. The molecule has 1 saturated heterocycles. The molecule has 1 aliphatic heterocycles. The number of carbonyl (C=O) groups is 1. The third kappa shape index (κ3) is 3.21. The number of nitrogens with two attached hydrogens (primary N) is 1. The number of amides is 1. The van der Waals surface area contributed by atoms with Crippen molar-refractivity contribution in [1.29, 1.82) is 0 Å². The van der Waals surface area contributed by atoms with E-state index in [1.54, 1.807) is 18.2 Å². The average molecular weight is 281 g/mol. The van der Waals surface area contributed by atoms with Gasteiger partial charge in [0.05, 0.1) is 5.56 Å². The third-order valence-electron chi connectivity index (χ3n) is 3.85. The van der Waals surface area contributed by atoms with Crippen molar-refractivity contribution in [1.82, 2.24) is 4.90 Å². The molecule has 2 rings (SSSR count). The second-order valence-corrected chi connectivity index (χ2v) is 5.58. The highest BCUT2D eigenvalue weighted by Crippen LogP contribution is 2.25. The summed E-state index contributed by atoms with van der Waals surface area (Å²) in [5.41, 5.74) is 6.96. The first kappa shape index (κ1) is 14.2. The zero-order valence-electron chi connectivity index (χ0n) is 11.4. The van der Waals surface area contributed by atoms with Crippen LogP contribution < -0.4 is 5.73 Å². The van der Waals surface area contributed by atoms with Crippen molar-refractivity contribution in [3.63, 3.8) is 0 Å². The van der Waals surface area contributed by atoms with Crippen molar-refractivity contribution in [2.75, 3.05) is 12.3 Å². The summed E-state index contributed by atoms with van der Waals surface area (Å²) in [5.74, 6) is 0.0220. The van der Waals surface area contributed by atoms with Crippen LogP contribution in [-0.2, 0) is 0 Å². The van der Waals surface area contributed by atoms with Crippen LogP contribution in [0.15, 0.2) is 18.2 Å². The van der Waals surface area contributed by atoms with Gasteiger partial charge in [0, 0.05) is 23.3 Å². The number of nitrogens with zero attached hydrogens (tertiary/aromatic N) is 1. The number of halogens is 1. The molecular formula is C15H21ClN2O. The number of benzene rings is 1. The summed E-state index contributed by atoms with van der Waals surface area (Å²) >= 11 is 5.98. The summed E-state index contributed by atoms with van der Waals surface area (Å²) in [5, 5.41) is 0.556. The Morgan fingerprint density at radius 3 is 2.95 bits per heavy atom. The summed E-state index contributed by atoms with van der Waals surface area (Å²) in [6.45, 7) is 2.96. The first-order valence-corrected chi connectivity index (χ1v) is 7.37. The van der Waals surface area contributed by atoms with E-state index in [0.29, 0.717) is 22.3 Å². The molecule has 2 N–H and O–H groups in total. The largest absolute Gasteiger partial charge is 0.398 e. The van der Waals surface area contributed by atoms with E-state index < -0.39 is 0 Å². The van der Waals surface area contributed by atoms with E-state index in [2.05, 4.69) is 6.92 Å². The first-order chi connectivity index (χ1) is 9.13. The van der Waals surface area contributed by atoms with E-state index in [4.69, 9.17) is 17.3 Å². The number of likely N-dealkylation sites (tertiary alicyclic amines) is 1. The Bertz CT molecular complexity index is 461. The molecule has 1 fully saturated rings. The Kier molecular flexibility index (Phi) is 4.70. The molecule has 1 aliphatic rings. The number of rotatable bonds is 2. The maximum Gasteiger partial charge on any atom is 0.256 e. The van der Waals surface area contributed by atoms with Gasteiger partial charge in [-0.25, -0.2) is 0 Å². The van der Waals surface area contributed by atoms with Gasteiger partial charge in [0.15, 0.2) is 0 Å². The second kappa shape index (κ2) is 6.29. The smallest absolute Gasteiger partial charge is 0.256 e. The van der Waals surface area contributed by atoms with E-state index >= 15 is 0 Å². The summed E-state index contributed by atoms with van der Waals surface area (Å²) in [6.07, 6.45) is 5.55. The highest BCUT2D eigenvalue weighted by Gasteiger charge is 2.26. The molecule has 4 heteroatoms. The maximum atomic E-state index is 12.7. The molecule has 0 aliphatic carbocycles. The van der Waals surface area contributed by atoms with E-state index in [9.17, 15) is 4.79 Å². The number of carbonyl (C=O) groups excluding carboxylic acids is 1. The van der Waals surface area contributed by atoms with Gasteiger partial charge in [-0.1, -0.05) is 31.4 Å². The zero-order chi connectivity index (χ0) is 13.8. The molecule has 3 nitrogen and oxygen atoms in total. The van der Waals surface area contributed by atoms with Crippen LogP contribution >= 0.6 is 11.6 Å². The molecule has 1 amide bonds. The maximum absolute atomic E-state index is 12.7. The molecule has 1 atom stereocenters. The molecule has 0 saturated carbocycles. The minimum Gasteiger partial charge on any atom is -0.398 e. The highest BCUT2D eigenvalue weighted by atomic mass is 35.5. The van der Waals surface area contributed by atoms with Crippen LogP contribution in [0.1, 0.15) is 49.4 Å². The van der Waals surface area contributed by atoms with Crippen LogP contribution in [0.4, 0.5) is 5.69 Å². The summed E-state index contributed by atoms with van der Waals surface area (Å²) in [4.78, 5) is 14.7. The van der Waals surface area contributed by atoms with Gasteiger partial charge in [-0.2, -0.15) is 0 Å². The number of hydrogen-bond acceptors (Lipinski definition) is 2. The Labute approximate surface area is 119 Å². The fraction of sp³-hybridized carbons (Fsp3) is 0.533. The lowest BCUT2D eigenvalue weighted by Gasteiger charge is -2.29. The number of anilines is 1.